The minimum absolute atomic E-state index is 0.00607. The van der Waals surface area contributed by atoms with Gasteiger partial charge < -0.3 is 14.5 Å². The maximum Gasteiger partial charge on any atom is 0.233 e. The standard InChI is InChI=1S/C22H28N4O4/c23-24-20(27)6-3-7-21(28)25-11-13-26(14-12-25)22(29)10-15-30-19-9-8-17-4-1-2-5-18(17)16-19/h1-2,4-5,8-9,16H,3,6-7,10-15,23H2,(H,24,27). The summed E-state index contributed by atoms with van der Waals surface area (Å²) in [5.74, 6) is 5.54. The maximum atomic E-state index is 12.4. The van der Waals surface area contributed by atoms with Gasteiger partial charge in [-0.3, -0.25) is 19.8 Å². The Bertz CT molecular complexity index is 894. The van der Waals surface area contributed by atoms with E-state index in [4.69, 9.17) is 10.6 Å². The molecule has 30 heavy (non-hydrogen) atoms. The summed E-state index contributed by atoms with van der Waals surface area (Å²) in [5, 5.41) is 2.25. The fraction of sp³-hybridized carbons (Fsp3) is 0.409. The number of benzene rings is 2. The van der Waals surface area contributed by atoms with Crippen LogP contribution in [0.1, 0.15) is 25.7 Å². The number of nitrogens with zero attached hydrogens (tertiary/aromatic N) is 2. The molecule has 1 fully saturated rings. The lowest BCUT2D eigenvalue weighted by Gasteiger charge is -2.35. The quantitative estimate of drug-likeness (QED) is 0.388. The normalized spacial score (nSPS) is 13.9. The van der Waals surface area contributed by atoms with Crippen LogP contribution in [0.25, 0.3) is 10.8 Å². The highest BCUT2D eigenvalue weighted by molar-refractivity contribution is 5.83. The zero-order chi connectivity index (χ0) is 21.3. The SMILES string of the molecule is NNC(=O)CCCC(=O)N1CCN(C(=O)CCOc2ccc3ccccc3c2)CC1. The van der Waals surface area contributed by atoms with Crippen LogP contribution >= 0.6 is 0 Å². The van der Waals surface area contributed by atoms with Crippen molar-refractivity contribution in [2.24, 2.45) is 5.84 Å². The zero-order valence-corrected chi connectivity index (χ0v) is 17.0. The van der Waals surface area contributed by atoms with E-state index in [1.807, 2.05) is 42.5 Å². The lowest BCUT2D eigenvalue weighted by atomic mass is 10.1. The van der Waals surface area contributed by atoms with E-state index in [2.05, 4.69) is 5.43 Å². The Hall–Kier alpha value is -3.13. The molecule has 3 N–H and O–H groups in total. The number of nitrogens with two attached hydrogens (primary N) is 1. The topological polar surface area (TPSA) is 105 Å². The minimum Gasteiger partial charge on any atom is -0.493 e. The molecule has 2 aromatic carbocycles. The van der Waals surface area contributed by atoms with Crippen molar-refractivity contribution < 1.29 is 19.1 Å². The number of hydrogen-bond acceptors (Lipinski definition) is 5. The van der Waals surface area contributed by atoms with Crippen molar-refractivity contribution in [2.75, 3.05) is 32.8 Å². The summed E-state index contributed by atoms with van der Waals surface area (Å²) in [6.07, 6.45) is 1.31. The number of carbonyl (C=O) groups excluding carboxylic acids is 3. The van der Waals surface area contributed by atoms with Gasteiger partial charge in [0.25, 0.3) is 0 Å². The Balaban J connectivity index is 1.36. The van der Waals surface area contributed by atoms with Crippen LogP contribution in [-0.4, -0.2) is 60.3 Å². The van der Waals surface area contributed by atoms with Crippen molar-refractivity contribution in [3.63, 3.8) is 0 Å². The Labute approximate surface area is 175 Å². The number of carbonyl (C=O) groups is 3. The third kappa shape index (κ3) is 5.93. The number of hydrogen-bond donors (Lipinski definition) is 2. The summed E-state index contributed by atoms with van der Waals surface area (Å²) in [4.78, 5) is 39.3. The van der Waals surface area contributed by atoms with Crippen LogP contribution < -0.4 is 16.0 Å². The molecule has 0 atom stereocenters. The number of fused-ring (bicyclic) bond motifs is 1. The third-order valence-electron chi connectivity index (χ3n) is 5.25. The van der Waals surface area contributed by atoms with Crippen LogP contribution in [0.2, 0.25) is 0 Å². The van der Waals surface area contributed by atoms with Gasteiger partial charge in [-0.25, -0.2) is 5.84 Å². The molecular weight excluding hydrogens is 384 g/mol. The predicted molar refractivity (Wildman–Crippen MR) is 113 cm³/mol. The highest BCUT2D eigenvalue weighted by atomic mass is 16.5. The number of nitrogens with one attached hydrogen (secondary N) is 1. The highest BCUT2D eigenvalue weighted by Gasteiger charge is 2.23. The Kier molecular flexibility index (Phi) is 7.62. The number of ether oxygens (including phenoxy) is 1. The van der Waals surface area contributed by atoms with E-state index in [9.17, 15) is 14.4 Å². The molecule has 3 amide bonds. The van der Waals surface area contributed by atoms with Gasteiger partial charge in [-0.2, -0.15) is 0 Å². The van der Waals surface area contributed by atoms with Gasteiger partial charge in [-0.05, 0) is 29.3 Å². The van der Waals surface area contributed by atoms with Crippen molar-refractivity contribution in [2.45, 2.75) is 25.7 Å². The van der Waals surface area contributed by atoms with Gasteiger partial charge in [-0.15, -0.1) is 0 Å². The summed E-state index contributed by atoms with van der Waals surface area (Å²) in [6, 6.07) is 13.9. The van der Waals surface area contributed by atoms with Crippen molar-refractivity contribution in [3.8, 4) is 5.75 Å². The zero-order valence-electron chi connectivity index (χ0n) is 17.0. The third-order valence-corrected chi connectivity index (χ3v) is 5.25. The van der Waals surface area contributed by atoms with Crippen molar-refractivity contribution >= 4 is 28.5 Å². The van der Waals surface area contributed by atoms with Crippen molar-refractivity contribution in [1.29, 1.82) is 0 Å². The average molecular weight is 412 g/mol. The fourth-order valence-electron chi connectivity index (χ4n) is 3.51. The molecular formula is C22H28N4O4. The van der Waals surface area contributed by atoms with Gasteiger partial charge in [0, 0.05) is 39.0 Å². The van der Waals surface area contributed by atoms with Crippen LogP contribution in [0.15, 0.2) is 42.5 Å². The van der Waals surface area contributed by atoms with Crippen molar-refractivity contribution in [1.82, 2.24) is 15.2 Å². The summed E-state index contributed by atoms with van der Waals surface area (Å²) < 4.78 is 5.75. The monoisotopic (exact) mass is 412 g/mol. The Morgan fingerprint density at radius 2 is 1.50 bits per heavy atom. The van der Waals surface area contributed by atoms with E-state index in [-0.39, 0.29) is 24.1 Å². The molecule has 3 rings (SSSR count). The molecule has 0 bridgehead atoms. The van der Waals surface area contributed by atoms with Crippen LogP contribution in [0.4, 0.5) is 0 Å². The largest absolute Gasteiger partial charge is 0.493 e. The molecule has 0 aromatic heterocycles. The van der Waals surface area contributed by atoms with E-state index >= 15 is 0 Å². The molecule has 0 spiro atoms. The highest BCUT2D eigenvalue weighted by Crippen LogP contribution is 2.20. The fourth-order valence-corrected chi connectivity index (χ4v) is 3.51. The van der Waals surface area contributed by atoms with Crippen LogP contribution in [0, 0.1) is 0 Å². The van der Waals surface area contributed by atoms with E-state index in [1.54, 1.807) is 9.80 Å². The van der Waals surface area contributed by atoms with E-state index in [1.165, 1.54) is 0 Å². The van der Waals surface area contributed by atoms with Gasteiger partial charge >= 0.3 is 0 Å². The molecule has 1 heterocycles. The predicted octanol–water partition coefficient (Wildman–Crippen LogP) is 1.44. The second-order valence-corrected chi connectivity index (χ2v) is 7.29. The van der Waals surface area contributed by atoms with Crippen molar-refractivity contribution in [3.05, 3.63) is 42.5 Å². The maximum absolute atomic E-state index is 12.4. The molecule has 160 valence electrons. The Morgan fingerprint density at radius 3 is 2.17 bits per heavy atom. The summed E-state index contributed by atoms with van der Waals surface area (Å²) in [6.45, 7) is 2.38. The molecule has 0 radical (unpaired) electrons. The lowest BCUT2D eigenvalue weighted by molar-refractivity contribution is -0.140. The molecule has 1 aliphatic heterocycles. The number of rotatable bonds is 8. The summed E-state index contributed by atoms with van der Waals surface area (Å²) in [7, 11) is 0. The van der Waals surface area contributed by atoms with E-state index in [0.29, 0.717) is 52.0 Å². The number of piperazine rings is 1. The summed E-state index contributed by atoms with van der Waals surface area (Å²) >= 11 is 0. The number of amides is 3. The van der Waals surface area contributed by atoms with Gasteiger partial charge in [0.2, 0.25) is 17.7 Å². The molecule has 1 saturated heterocycles. The first-order chi connectivity index (χ1) is 14.6. The molecule has 8 nitrogen and oxygen atoms in total. The molecule has 1 aliphatic rings. The van der Waals surface area contributed by atoms with Gasteiger partial charge in [0.1, 0.15) is 5.75 Å². The molecule has 0 unspecified atom stereocenters. The van der Waals surface area contributed by atoms with Gasteiger partial charge in [0.15, 0.2) is 0 Å². The second kappa shape index (κ2) is 10.6. The lowest BCUT2D eigenvalue weighted by Crippen LogP contribution is -2.50. The second-order valence-electron chi connectivity index (χ2n) is 7.29. The minimum atomic E-state index is -0.274. The van der Waals surface area contributed by atoms with Crippen LogP contribution in [-0.2, 0) is 14.4 Å². The van der Waals surface area contributed by atoms with E-state index in [0.717, 1.165) is 16.5 Å². The van der Waals surface area contributed by atoms with Crippen LogP contribution in [0.5, 0.6) is 5.75 Å². The molecule has 2 aromatic rings. The molecule has 0 saturated carbocycles. The smallest absolute Gasteiger partial charge is 0.233 e. The first-order valence-corrected chi connectivity index (χ1v) is 10.2. The Morgan fingerprint density at radius 1 is 0.867 bits per heavy atom. The first kappa shape index (κ1) is 21.6. The van der Waals surface area contributed by atoms with E-state index < -0.39 is 0 Å². The first-order valence-electron chi connectivity index (χ1n) is 10.2. The molecule has 8 heteroatoms. The number of hydrazine groups is 1. The van der Waals surface area contributed by atoms with Crippen LogP contribution in [0.3, 0.4) is 0 Å². The summed E-state index contributed by atoms with van der Waals surface area (Å²) in [5.41, 5.74) is 2.05. The molecule has 0 aliphatic carbocycles. The van der Waals surface area contributed by atoms with Gasteiger partial charge in [0.05, 0.1) is 13.0 Å². The van der Waals surface area contributed by atoms with Gasteiger partial charge in [-0.1, -0.05) is 30.3 Å². The average Bonchev–Trinajstić information content (AvgIpc) is 2.78.